The van der Waals surface area contributed by atoms with Gasteiger partial charge in [0.05, 0.1) is 33.7 Å². The lowest BCUT2D eigenvalue weighted by atomic mass is 9.97. The summed E-state index contributed by atoms with van der Waals surface area (Å²) < 4.78 is 4.69. The molecule has 0 saturated heterocycles. The molecule has 0 aliphatic rings. The Labute approximate surface area is 301 Å². The van der Waals surface area contributed by atoms with E-state index < -0.39 is 0 Å². The minimum absolute atomic E-state index is 0.647. The van der Waals surface area contributed by atoms with E-state index in [4.69, 9.17) is 0 Å². The molecule has 8 aromatic carbocycles. The zero-order chi connectivity index (χ0) is 34.6. The molecule has 52 heavy (non-hydrogen) atoms. The Morgan fingerprint density at radius 1 is 0.308 bits per heavy atom. The summed E-state index contributed by atoms with van der Waals surface area (Å²) in [6.45, 7) is 0. The molecular weight excluding hydrogens is 631 g/mol. The van der Waals surface area contributed by atoms with Crippen molar-refractivity contribution in [1.29, 1.82) is 5.26 Å². The summed E-state index contributed by atoms with van der Waals surface area (Å²) in [6.07, 6.45) is 0. The van der Waals surface area contributed by atoms with Gasteiger partial charge < -0.3 is 9.13 Å². The Balaban J connectivity index is 1.16. The summed E-state index contributed by atoms with van der Waals surface area (Å²) in [4.78, 5) is 0. The Bertz CT molecular complexity index is 3000. The van der Waals surface area contributed by atoms with E-state index in [-0.39, 0.29) is 0 Å². The van der Waals surface area contributed by atoms with Gasteiger partial charge in [-0.1, -0.05) is 109 Å². The number of nitriles is 1. The quantitative estimate of drug-likeness (QED) is 0.181. The number of aromatic nitrogens is 2. The Morgan fingerprint density at radius 2 is 0.788 bits per heavy atom. The van der Waals surface area contributed by atoms with E-state index in [9.17, 15) is 5.26 Å². The standard InChI is InChI=1S/C49H31N3/c50-32-33-18-23-41(24-19-33)52-48-27-22-38(37-21-26-47-44(29-37)42-16-7-8-17-46(42)51(47)40-14-5-2-6-15-40)30-45(48)43-25-20-39(31-49(43)52)36-13-9-12-35(28-36)34-10-3-1-4-11-34/h1-31H. The van der Waals surface area contributed by atoms with Crippen molar-refractivity contribution in [2.75, 3.05) is 0 Å². The highest BCUT2D eigenvalue weighted by Gasteiger charge is 2.17. The van der Waals surface area contributed by atoms with Crippen LogP contribution in [0.2, 0.25) is 0 Å². The van der Waals surface area contributed by atoms with Crippen LogP contribution in [0.5, 0.6) is 0 Å². The van der Waals surface area contributed by atoms with Gasteiger partial charge >= 0.3 is 0 Å². The van der Waals surface area contributed by atoms with Crippen molar-refractivity contribution in [2.45, 2.75) is 0 Å². The molecule has 0 bridgehead atoms. The van der Waals surface area contributed by atoms with Crippen LogP contribution in [0, 0.1) is 11.3 Å². The third-order valence-electron chi connectivity index (χ3n) is 10.3. The lowest BCUT2D eigenvalue weighted by molar-refractivity contribution is 1.18. The summed E-state index contributed by atoms with van der Waals surface area (Å²) in [7, 11) is 0. The SMILES string of the molecule is N#Cc1ccc(-n2c3ccc(-c4ccc5c(c4)c4ccccc4n5-c4ccccc4)cc3c3ccc(-c4cccc(-c5ccccc5)c4)cc32)cc1. The minimum atomic E-state index is 0.647. The van der Waals surface area contributed by atoms with Crippen LogP contribution in [0.25, 0.3) is 88.4 Å². The van der Waals surface area contributed by atoms with Gasteiger partial charge in [-0.25, -0.2) is 0 Å². The van der Waals surface area contributed by atoms with Crippen LogP contribution >= 0.6 is 0 Å². The fourth-order valence-corrected chi connectivity index (χ4v) is 7.86. The zero-order valence-corrected chi connectivity index (χ0v) is 28.2. The molecule has 3 heteroatoms. The van der Waals surface area contributed by atoms with Gasteiger partial charge in [0.1, 0.15) is 0 Å². The predicted octanol–water partition coefficient (Wildman–Crippen LogP) is 12.8. The maximum atomic E-state index is 9.53. The molecule has 0 unspecified atom stereocenters. The van der Waals surface area contributed by atoms with Crippen molar-refractivity contribution < 1.29 is 0 Å². The molecule has 0 saturated carbocycles. The number of rotatable bonds is 5. The first kappa shape index (κ1) is 29.7. The molecule has 3 nitrogen and oxygen atoms in total. The van der Waals surface area contributed by atoms with E-state index in [2.05, 4.69) is 179 Å². The third-order valence-corrected chi connectivity index (χ3v) is 10.3. The molecule has 0 atom stereocenters. The predicted molar refractivity (Wildman–Crippen MR) is 216 cm³/mol. The molecule has 0 amide bonds. The van der Waals surface area contributed by atoms with Crippen LogP contribution in [0.15, 0.2) is 188 Å². The van der Waals surface area contributed by atoms with Crippen LogP contribution in [0.4, 0.5) is 0 Å². The average molecular weight is 662 g/mol. The van der Waals surface area contributed by atoms with E-state index in [1.165, 1.54) is 60.4 Å². The summed E-state index contributed by atoms with van der Waals surface area (Å²) in [6, 6.07) is 69.2. The zero-order valence-electron chi connectivity index (χ0n) is 28.2. The van der Waals surface area contributed by atoms with Gasteiger partial charge in [0.25, 0.3) is 0 Å². The molecule has 2 aromatic heterocycles. The summed E-state index contributed by atoms with van der Waals surface area (Å²) in [5.41, 5.74) is 14.5. The lowest BCUT2D eigenvalue weighted by Gasteiger charge is -2.10. The van der Waals surface area contributed by atoms with E-state index in [1.54, 1.807) is 0 Å². The maximum absolute atomic E-state index is 9.53. The van der Waals surface area contributed by atoms with Crippen LogP contribution in [-0.4, -0.2) is 9.13 Å². The number of para-hydroxylation sites is 2. The molecule has 10 rings (SSSR count). The van der Waals surface area contributed by atoms with Gasteiger partial charge in [-0.05, 0) is 112 Å². The number of hydrogen-bond donors (Lipinski definition) is 0. The second-order valence-corrected chi connectivity index (χ2v) is 13.3. The highest BCUT2D eigenvalue weighted by molar-refractivity contribution is 6.13. The fraction of sp³-hybridized carbons (Fsp3) is 0. The van der Waals surface area contributed by atoms with E-state index in [0.29, 0.717) is 5.56 Å². The largest absolute Gasteiger partial charge is 0.309 e. The summed E-state index contributed by atoms with van der Waals surface area (Å²) in [5, 5.41) is 14.4. The van der Waals surface area contributed by atoms with E-state index >= 15 is 0 Å². The molecule has 0 aliphatic carbocycles. The first-order valence-electron chi connectivity index (χ1n) is 17.6. The fourth-order valence-electron chi connectivity index (χ4n) is 7.86. The number of nitrogens with zero attached hydrogens (tertiary/aromatic N) is 3. The minimum Gasteiger partial charge on any atom is -0.309 e. The van der Waals surface area contributed by atoms with Crippen LogP contribution in [0.1, 0.15) is 5.56 Å². The van der Waals surface area contributed by atoms with Crippen molar-refractivity contribution in [3.63, 3.8) is 0 Å². The molecule has 2 heterocycles. The summed E-state index contributed by atoms with van der Waals surface area (Å²) >= 11 is 0. The van der Waals surface area contributed by atoms with E-state index in [1.807, 2.05) is 24.3 Å². The Hall–Kier alpha value is -7.15. The smallest absolute Gasteiger partial charge is 0.0991 e. The average Bonchev–Trinajstić information content (AvgIpc) is 3.73. The maximum Gasteiger partial charge on any atom is 0.0991 e. The summed E-state index contributed by atoms with van der Waals surface area (Å²) in [5.74, 6) is 0. The van der Waals surface area contributed by atoms with Crippen molar-refractivity contribution in [1.82, 2.24) is 9.13 Å². The van der Waals surface area contributed by atoms with Crippen LogP contribution in [-0.2, 0) is 0 Å². The molecule has 10 aromatic rings. The highest BCUT2D eigenvalue weighted by atomic mass is 15.0. The number of hydrogen-bond acceptors (Lipinski definition) is 1. The van der Waals surface area contributed by atoms with Crippen LogP contribution in [0.3, 0.4) is 0 Å². The van der Waals surface area contributed by atoms with Gasteiger partial charge in [-0.15, -0.1) is 0 Å². The topological polar surface area (TPSA) is 33.6 Å². The monoisotopic (exact) mass is 661 g/mol. The van der Waals surface area contributed by atoms with Crippen molar-refractivity contribution >= 4 is 43.6 Å². The molecule has 0 aliphatic heterocycles. The molecule has 0 radical (unpaired) electrons. The number of fused-ring (bicyclic) bond motifs is 6. The van der Waals surface area contributed by atoms with Crippen molar-refractivity contribution in [3.05, 3.63) is 194 Å². The second kappa shape index (κ2) is 12.0. The Morgan fingerprint density at radius 3 is 1.48 bits per heavy atom. The highest BCUT2D eigenvalue weighted by Crippen LogP contribution is 2.39. The normalized spacial score (nSPS) is 11.4. The van der Waals surface area contributed by atoms with Crippen molar-refractivity contribution in [3.8, 4) is 50.8 Å². The van der Waals surface area contributed by atoms with E-state index in [0.717, 1.165) is 28.0 Å². The third kappa shape index (κ3) is 4.81. The first-order valence-corrected chi connectivity index (χ1v) is 17.6. The lowest BCUT2D eigenvalue weighted by Crippen LogP contribution is -1.94. The molecule has 242 valence electrons. The van der Waals surface area contributed by atoms with Crippen LogP contribution < -0.4 is 0 Å². The van der Waals surface area contributed by atoms with Gasteiger partial charge in [-0.3, -0.25) is 0 Å². The Kier molecular flexibility index (Phi) is 6.87. The molecule has 0 fully saturated rings. The van der Waals surface area contributed by atoms with Gasteiger partial charge in [0.2, 0.25) is 0 Å². The van der Waals surface area contributed by atoms with Gasteiger partial charge in [0.15, 0.2) is 0 Å². The molecule has 0 spiro atoms. The number of benzene rings is 8. The van der Waals surface area contributed by atoms with Crippen molar-refractivity contribution in [2.24, 2.45) is 0 Å². The second-order valence-electron chi connectivity index (χ2n) is 13.3. The van der Waals surface area contributed by atoms with Gasteiger partial charge in [-0.2, -0.15) is 5.26 Å². The first-order chi connectivity index (χ1) is 25.7. The van der Waals surface area contributed by atoms with Gasteiger partial charge in [0, 0.05) is 32.9 Å². The molecule has 0 N–H and O–H groups in total. The molecular formula is C49H31N3.